The van der Waals surface area contributed by atoms with Crippen LogP contribution in [0.1, 0.15) is 16.9 Å². The molecule has 90 valence electrons. The summed E-state index contributed by atoms with van der Waals surface area (Å²) in [4.78, 5) is 11.7. The third-order valence-electron chi connectivity index (χ3n) is 2.10. The summed E-state index contributed by atoms with van der Waals surface area (Å²) in [6.45, 7) is 0. The molecule has 0 fully saturated rings. The molecule has 0 saturated carbocycles. The predicted octanol–water partition coefficient (Wildman–Crippen LogP) is -0.635. The first kappa shape index (κ1) is 12.9. The number of Topliss-reactive ketones (excluding diaryl/α,β-unsaturated/α-hetero) is 1. The van der Waals surface area contributed by atoms with Gasteiger partial charge in [0.2, 0.25) is 0 Å². The Morgan fingerprint density at radius 2 is 2.25 bits per heavy atom. The molecule has 0 aliphatic carbocycles. The molecule has 6 nitrogen and oxygen atoms in total. The van der Waals surface area contributed by atoms with Crippen molar-refractivity contribution >= 4 is 15.6 Å². The second kappa shape index (κ2) is 4.75. The third kappa shape index (κ3) is 3.74. The largest absolute Gasteiger partial charge is 0.321 e. The Morgan fingerprint density at radius 1 is 1.62 bits per heavy atom. The van der Waals surface area contributed by atoms with Gasteiger partial charge in [-0.25, -0.2) is 8.42 Å². The van der Waals surface area contributed by atoms with Crippen LogP contribution in [0.5, 0.6) is 0 Å². The molecule has 1 heterocycles. The van der Waals surface area contributed by atoms with Crippen molar-refractivity contribution in [3.8, 4) is 0 Å². The van der Waals surface area contributed by atoms with Crippen LogP contribution in [0, 0.1) is 0 Å². The Morgan fingerprint density at radius 3 is 2.69 bits per heavy atom. The van der Waals surface area contributed by atoms with E-state index >= 15 is 0 Å². The second-order valence-electron chi connectivity index (χ2n) is 3.76. The summed E-state index contributed by atoms with van der Waals surface area (Å²) in [5.74, 6) is -0.420. The van der Waals surface area contributed by atoms with Gasteiger partial charge in [-0.1, -0.05) is 0 Å². The maximum Gasteiger partial charge on any atom is 0.199 e. The molecule has 1 atom stereocenters. The molecule has 1 unspecified atom stereocenters. The molecule has 0 spiro atoms. The van der Waals surface area contributed by atoms with Gasteiger partial charge in [0.1, 0.15) is 15.5 Å². The monoisotopic (exact) mass is 245 g/mol. The number of carbonyl (C=O) groups is 1. The third-order valence-corrected chi connectivity index (χ3v) is 3.08. The first-order valence-corrected chi connectivity index (χ1v) is 6.83. The zero-order valence-electron chi connectivity index (χ0n) is 9.25. The molecule has 0 bridgehead atoms. The van der Waals surface area contributed by atoms with Gasteiger partial charge in [-0.2, -0.15) is 5.10 Å². The number of nitrogens with two attached hydrogens (primary N) is 1. The molecule has 2 N–H and O–H groups in total. The van der Waals surface area contributed by atoms with Gasteiger partial charge in [-0.05, 0) is 12.5 Å². The van der Waals surface area contributed by atoms with E-state index in [-0.39, 0.29) is 23.7 Å². The number of aryl methyl sites for hydroxylation is 1. The number of hydrogen-bond donors (Lipinski definition) is 1. The number of carbonyl (C=O) groups excluding carboxylic acids is 1. The summed E-state index contributed by atoms with van der Waals surface area (Å²) in [5.41, 5.74) is 5.87. The second-order valence-corrected chi connectivity index (χ2v) is 6.02. The van der Waals surface area contributed by atoms with Gasteiger partial charge in [0.25, 0.3) is 0 Å². The number of hydrogen-bond acceptors (Lipinski definition) is 5. The molecule has 0 aliphatic rings. The minimum atomic E-state index is -3.09. The average Bonchev–Trinajstić information content (AvgIpc) is 2.59. The lowest BCUT2D eigenvalue weighted by atomic mass is 10.1. The highest BCUT2D eigenvalue weighted by atomic mass is 32.2. The molecular weight excluding hydrogens is 230 g/mol. The molecule has 1 rings (SSSR count). The number of sulfone groups is 1. The summed E-state index contributed by atoms with van der Waals surface area (Å²) in [5, 5.41) is 3.91. The summed E-state index contributed by atoms with van der Waals surface area (Å²) in [7, 11) is -1.39. The fourth-order valence-electron chi connectivity index (χ4n) is 1.21. The predicted molar refractivity (Wildman–Crippen MR) is 59.8 cm³/mol. The van der Waals surface area contributed by atoms with Crippen LogP contribution >= 0.6 is 0 Å². The van der Waals surface area contributed by atoms with E-state index < -0.39 is 15.9 Å². The first-order valence-electron chi connectivity index (χ1n) is 4.77. The van der Waals surface area contributed by atoms with Crippen LogP contribution in [0.25, 0.3) is 0 Å². The average molecular weight is 245 g/mol. The van der Waals surface area contributed by atoms with E-state index in [1.165, 1.54) is 4.68 Å². The quantitative estimate of drug-likeness (QED) is 0.696. The van der Waals surface area contributed by atoms with Crippen LogP contribution in [0.2, 0.25) is 0 Å². The zero-order chi connectivity index (χ0) is 12.3. The molecule has 0 amide bonds. The Balaban J connectivity index is 2.61. The van der Waals surface area contributed by atoms with E-state index in [2.05, 4.69) is 5.10 Å². The maximum atomic E-state index is 11.7. The Bertz CT molecular complexity index is 478. The SMILES string of the molecule is Cn1ccc(C(=O)C(N)CCS(C)(=O)=O)n1. The summed E-state index contributed by atoms with van der Waals surface area (Å²) >= 11 is 0. The normalized spacial score (nSPS) is 13.7. The fourth-order valence-corrected chi connectivity index (χ4v) is 1.89. The summed E-state index contributed by atoms with van der Waals surface area (Å²) in [6, 6.07) is 0.743. The topological polar surface area (TPSA) is 95.0 Å². The van der Waals surface area contributed by atoms with Crippen LogP contribution < -0.4 is 5.73 Å². The van der Waals surface area contributed by atoms with E-state index in [0.717, 1.165) is 6.26 Å². The highest BCUT2D eigenvalue weighted by Gasteiger charge is 2.19. The van der Waals surface area contributed by atoms with Crippen molar-refractivity contribution in [2.45, 2.75) is 12.5 Å². The van der Waals surface area contributed by atoms with E-state index in [1.54, 1.807) is 19.3 Å². The van der Waals surface area contributed by atoms with Crippen molar-refractivity contribution < 1.29 is 13.2 Å². The zero-order valence-corrected chi connectivity index (χ0v) is 10.1. The van der Waals surface area contributed by atoms with E-state index in [0.29, 0.717) is 0 Å². The van der Waals surface area contributed by atoms with Crippen molar-refractivity contribution in [2.24, 2.45) is 12.8 Å². The van der Waals surface area contributed by atoms with Crippen LogP contribution in [0.15, 0.2) is 12.3 Å². The summed E-state index contributed by atoms with van der Waals surface area (Å²) < 4.78 is 23.3. The van der Waals surface area contributed by atoms with Crippen molar-refractivity contribution in [3.05, 3.63) is 18.0 Å². The number of ketones is 1. The minimum Gasteiger partial charge on any atom is -0.321 e. The maximum absolute atomic E-state index is 11.7. The Kier molecular flexibility index (Phi) is 3.82. The first-order chi connectivity index (χ1) is 7.29. The summed E-state index contributed by atoms with van der Waals surface area (Å²) in [6.07, 6.45) is 2.87. The van der Waals surface area contributed by atoms with E-state index in [1.807, 2.05) is 0 Å². The van der Waals surface area contributed by atoms with Gasteiger partial charge in [-0.3, -0.25) is 9.48 Å². The van der Waals surface area contributed by atoms with Gasteiger partial charge in [0.05, 0.1) is 11.8 Å². The lowest BCUT2D eigenvalue weighted by Crippen LogP contribution is -2.32. The molecule has 1 aromatic rings. The lowest BCUT2D eigenvalue weighted by molar-refractivity contribution is 0.0954. The van der Waals surface area contributed by atoms with Crippen molar-refractivity contribution in [3.63, 3.8) is 0 Å². The molecule has 1 aromatic heterocycles. The number of rotatable bonds is 5. The molecule has 0 saturated heterocycles. The smallest absolute Gasteiger partial charge is 0.199 e. The molecule has 0 radical (unpaired) electrons. The molecule has 0 aliphatic heterocycles. The van der Waals surface area contributed by atoms with Gasteiger partial charge < -0.3 is 5.73 Å². The standard InChI is InChI=1S/C9H15N3O3S/c1-12-5-3-8(11-12)9(13)7(10)4-6-16(2,14)15/h3,5,7H,4,6,10H2,1-2H3. The van der Waals surface area contributed by atoms with Gasteiger partial charge in [0, 0.05) is 19.5 Å². The van der Waals surface area contributed by atoms with Crippen molar-refractivity contribution in [1.82, 2.24) is 9.78 Å². The van der Waals surface area contributed by atoms with Crippen LogP contribution in [0.4, 0.5) is 0 Å². The van der Waals surface area contributed by atoms with E-state index in [9.17, 15) is 13.2 Å². The van der Waals surface area contributed by atoms with Gasteiger partial charge in [-0.15, -0.1) is 0 Å². The van der Waals surface area contributed by atoms with Crippen molar-refractivity contribution in [1.29, 1.82) is 0 Å². The molecule has 7 heteroatoms. The highest BCUT2D eigenvalue weighted by molar-refractivity contribution is 7.90. The van der Waals surface area contributed by atoms with E-state index in [4.69, 9.17) is 5.73 Å². The fraction of sp³-hybridized carbons (Fsp3) is 0.556. The van der Waals surface area contributed by atoms with Crippen LogP contribution in [-0.4, -0.2) is 42.0 Å². The molecular formula is C9H15N3O3S. The van der Waals surface area contributed by atoms with Gasteiger partial charge >= 0.3 is 0 Å². The minimum absolute atomic E-state index is 0.0905. The van der Waals surface area contributed by atoms with Crippen LogP contribution in [-0.2, 0) is 16.9 Å². The number of nitrogens with zero attached hydrogens (tertiary/aromatic N) is 2. The highest BCUT2D eigenvalue weighted by Crippen LogP contribution is 2.03. The van der Waals surface area contributed by atoms with Crippen molar-refractivity contribution in [2.75, 3.05) is 12.0 Å². The van der Waals surface area contributed by atoms with Crippen LogP contribution in [0.3, 0.4) is 0 Å². The Labute approximate surface area is 94.4 Å². The molecule has 0 aromatic carbocycles. The Hall–Kier alpha value is -1.21. The van der Waals surface area contributed by atoms with Gasteiger partial charge in [0.15, 0.2) is 5.78 Å². The molecule has 16 heavy (non-hydrogen) atoms. The lowest BCUT2D eigenvalue weighted by Gasteiger charge is -2.07. The number of aromatic nitrogens is 2.